The Morgan fingerprint density at radius 3 is 2.64 bits per heavy atom. The molecule has 0 aliphatic rings. The number of aromatic nitrogens is 1. The normalized spacial score (nSPS) is 11.4. The van der Waals surface area contributed by atoms with Crippen molar-refractivity contribution in [3.05, 3.63) is 22.8 Å². The highest BCUT2D eigenvalue weighted by atomic mass is 79.9. The summed E-state index contributed by atoms with van der Waals surface area (Å²) in [5, 5.41) is 3.33. The minimum Gasteiger partial charge on any atom is -0.370 e. The van der Waals surface area contributed by atoms with Crippen molar-refractivity contribution in [3.63, 3.8) is 0 Å². The predicted octanol–water partition coefficient (Wildman–Crippen LogP) is 3.69. The lowest BCUT2D eigenvalue weighted by Gasteiger charge is -2.23. The average molecular weight is 257 g/mol. The van der Waals surface area contributed by atoms with Gasteiger partial charge in [-0.3, -0.25) is 0 Å². The van der Waals surface area contributed by atoms with E-state index < -0.39 is 0 Å². The number of anilines is 1. The molecule has 0 spiro atoms. The summed E-state index contributed by atoms with van der Waals surface area (Å²) in [6.45, 7) is 7.66. The maximum Gasteiger partial charge on any atom is 0.125 e. The van der Waals surface area contributed by atoms with Crippen LogP contribution < -0.4 is 5.32 Å². The molecule has 14 heavy (non-hydrogen) atoms. The summed E-state index contributed by atoms with van der Waals surface area (Å²) in [4.78, 5) is 4.26. The highest BCUT2D eigenvalue weighted by Crippen LogP contribution is 2.20. The lowest BCUT2D eigenvalue weighted by atomic mass is 9.90. The lowest BCUT2D eigenvalue weighted by molar-refractivity contribution is 0.376. The van der Waals surface area contributed by atoms with Crippen LogP contribution in [0.5, 0.6) is 0 Å². The van der Waals surface area contributed by atoms with Crippen LogP contribution in [0.25, 0.3) is 0 Å². The van der Waals surface area contributed by atoms with Crippen molar-refractivity contribution in [2.75, 3.05) is 11.9 Å². The van der Waals surface area contributed by atoms with Crippen LogP contribution in [0.15, 0.2) is 22.8 Å². The van der Waals surface area contributed by atoms with Crippen LogP contribution in [0.1, 0.15) is 27.2 Å². The van der Waals surface area contributed by atoms with Crippen LogP contribution in [0, 0.1) is 5.41 Å². The summed E-state index contributed by atoms with van der Waals surface area (Å²) in [6, 6.07) is 3.98. The van der Waals surface area contributed by atoms with Gasteiger partial charge in [-0.2, -0.15) is 0 Å². The molecule has 0 saturated carbocycles. The van der Waals surface area contributed by atoms with E-state index in [9.17, 15) is 0 Å². The highest BCUT2D eigenvalue weighted by Gasteiger charge is 2.14. The van der Waals surface area contributed by atoms with Crippen molar-refractivity contribution in [2.24, 2.45) is 5.41 Å². The summed E-state index contributed by atoms with van der Waals surface area (Å²) in [5.41, 5.74) is 0.328. The molecule has 0 unspecified atom stereocenters. The molecule has 0 bridgehead atoms. The Morgan fingerprint density at radius 1 is 1.43 bits per heavy atom. The van der Waals surface area contributed by atoms with Crippen molar-refractivity contribution in [3.8, 4) is 0 Å². The lowest BCUT2D eigenvalue weighted by Crippen LogP contribution is -2.22. The zero-order chi connectivity index (χ0) is 10.6. The van der Waals surface area contributed by atoms with E-state index in [2.05, 4.69) is 47.0 Å². The van der Waals surface area contributed by atoms with Crippen molar-refractivity contribution in [1.82, 2.24) is 4.98 Å². The van der Waals surface area contributed by atoms with Gasteiger partial charge in [0.25, 0.3) is 0 Å². The van der Waals surface area contributed by atoms with Crippen LogP contribution in [0.2, 0.25) is 0 Å². The topological polar surface area (TPSA) is 24.9 Å². The molecule has 0 saturated heterocycles. The van der Waals surface area contributed by atoms with Gasteiger partial charge in [0.05, 0.1) is 0 Å². The van der Waals surface area contributed by atoms with E-state index in [1.807, 2.05) is 12.1 Å². The van der Waals surface area contributed by atoms with E-state index in [4.69, 9.17) is 0 Å². The third kappa shape index (κ3) is 3.66. The summed E-state index contributed by atoms with van der Waals surface area (Å²) in [7, 11) is 0. The van der Waals surface area contributed by atoms with Crippen LogP contribution in [0.4, 0.5) is 5.82 Å². The Bertz CT molecular complexity index is 280. The second-order valence-corrected chi connectivity index (χ2v) is 5.15. The molecule has 1 aromatic rings. The smallest absolute Gasteiger partial charge is 0.125 e. The number of nitrogens with one attached hydrogen (secondary N) is 1. The minimum atomic E-state index is 0.328. The van der Waals surface area contributed by atoms with Gasteiger partial charge in [0.1, 0.15) is 5.82 Å². The van der Waals surface area contributed by atoms with Crippen molar-refractivity contribution >= 4 is 21.7 Å². The molecule has 1 aromatic heterocycles. The van der Waals surface area contributed by atoms with Gasteiger partial charge in [0.2, 0.25) is 0 Å². The third-order valence-electron chi connectivity index (χ3n) is 2.43. The van der Waals surface area contributed by atoms with Crippen LogP contribution in [0.3, 0.4) is 0 Å². The number of nitrogens with zero attached hydrogens (tertiary/aromatic N) is 1. The molecule has 78 valence electrons. The van der Waals surface area contributed by atoms with E-state index in [0.29, 0.717) is 5.41 Å². The molecule has 0 fully saturated rings. The fraction of sp³-hybridized carbons (Fsp3) is 0.545. The molecule has 0 amide bonds. The number of hydrogen-bond acceptors (Lipinski definition) is 2. The quantitative estimate of drug-likeness (QED) is 0.889. The van der Waals surface area contributed by atoms with Crippen LogP contribution in [-0.4, -0.2) is 11.5 Å². The number of hydrogen-bond donors (Lipinski definition) is 1. The first-order valence-corrected chi connectivity index (χ1v) is 5.68. The van der Waals surface area contributed by atoms with E-state index in [0.717, 1.165) is 23.3 Å². The Balaban J connectivity index is 2.50. The van der Waals surface area contributed by atoms with Crippen molar-refractivity contribution in [2.45, 2.75) is 27.2 Å². The predicted molar refractivity (Wildman–Crippen MR) is 64.5 cm³/mol. The molecule has 0 atom stereocenters. The van der Waals surface area contributed by atoms with Crippen LogP contribution in [-0.2, 0) is 0 Å². The number of pyridine rings is 1. The first kappa shape index (κ1) is 11.5. The van der Waals surface area contributed by atoms with Gasteiger partial charge in [-0.1, -0.05) is 20.8 Å². The van der Waals surface area contributed by atoms with Gasteiger partial charge < -0.3 is 5.32 Å². The van der Waals surface area contributed by atoms with E-state index in [1.165, 1.54) is 0 Å². The van der Waals surface area contributed by atoms with E-state index in [1.54, 1.807) is 6.20 Å². The standard InChI is InChI=1S/C11H17BrN2/c1-4-11(2,3)8-14-10-6-5-9(12)7-13-10/h5-7H,4,8H2,1-3H3,(H,13,14). The molecule has 2 nitrogen and oxygen atoms in total. The monoisotopic (exact) mass is 256 g/mol. The highest BCUT2D eigenvalue weighted by molar-refractivity contribution is 9.10. The maximum atomic E-state index is 4.26. The summed E-state index contributed by atoms with van der Waals surface area (Å²) >= 11 is 3.36. The second kappa shape index (κ2) is 4.78. The Morgan fingerprint density at radius 2 is 2.14 bits per heavy atom. The average Bonchev–Trinajstić information content (AvgIpc) is 2.17. The molecule has 0 radical (unpaired) electrons. The van der Waals surface area contributed by atoms with Gasteiger partial charge in [-0.05, 0) is 39.9 Å². The van der Waals surface area contributed by atoms with Crippen LogP contribution >= 0.6 is 15.9 Å². The summed E-state index contributed by atoms with van der Waals surface area (Å²) in [6.07, 6.45) is 2.97. The third-order valence-corrected chi connectivity index (χ3v) is 2.90. The molecule has 0 aliphatic carbocycles. The van der Waals surface area contributed by atoms with E-state index in [-0.39, 0.29) is 0 Å². The molecule has 0 aliphatic heterocycles. The molecule has 0 aromatic carbocycles. The molecule has 3 heteroatoms. The Labute approximate surface area is 94.3 Å². The van der Waals surface area contributed by atoms with Gasteiger partial charge in [0.15, 0.2) is 0 Å². The van der Waals surface area contributed by atoms with E-state index >= 15 is 0 Å². The van der Waals surface area contributed by atoms with Gasteiger partial charge in [-0.15, -0.1) is 0 Å². The second-order valence-electron chi connectivity index (χ2n) is 4.23. The zero-order valence-corrected chi connectivity index (χ0v) is 10.6. The zero-order valence-electron chi connectivity index (χ0n) is 8.97. The first-order valence-electron chi connectivity index (χ1n) is 4.89. The largest absolute Gasteiger partial charge is 0.370 e. The maximum absolute atomic E-state index is 4.26. The number of halogens is 1. The Hall–Kier alpha value is -0.570. The van der Waals surface area contributed by atoms with Gasteiger partial charge in [0, 0.05) is 17.2 Å². The van der Waals surface area contributed by atoms with Gasteiger partial charge in [-0.25, -0.2) is 4.98 Å². The SMILES string of the molecule is CCC(C)(C)CNc1ccc(Br)cn1. The fourth-order valence-corrected chi connectivity index (χ4v) is 1.17. The molecule has 1 rings (SSSR count). The fourth-order valence-electron chi connectivity index (χ4n) is 0.935. The molecular weight excluding hydrogens is 240 g/mol. The molecular formula is C11H17BrN2. The summed E-state index contributed by atoms with van der Waals surface area (Å²) < 4.78 is 1.01. The summed E-state index contributed by atoms with van der Waals surface area (Å²) in [5.74, 6) is 0.940. The first-order chi connectivity index (χ1) is 6.53. The van der Waals surface area contributed by atoms with Gasteiger partial charge >= 0.3 is 0 Å². The Kier molecular flexibility index (Phi) is 3.93. The molecule has 1 N–H and O–H groups in total. The molecule has 1 heterocycles. The number of rotatable bonds is 4. The minimum absolute atomic E-state index is 0.328. The van der Waals surface area contributed by atoms with Crippen molar-refractivity contribution in [1.29, 1.82) is 0 Å². The van der Waals surface area contributed by atoms with Crippen molar-refractivity contribution < 1.29 is 0 Å².